The molecule has 2 aromatic rings. The molecule has 5 heteroatoms. The summed E-state index contributed by atoms with van der Waals surface area (Å²) in [6.07, 6.45) is 0.359. The number of nitrogens with zero attached hydrogens (tertiary/aromatic N) is 1. The average Bonchev–Trinajstić information content (AvgIpc) is 2.44. The van der Waals surface area contributed by atoms with Crippen LogP contribution < -0.4 is 5.32 Å². The Kier molecular flexibility index (Phi) is 5.21. The van der Waals surface area contributed by atoms with Gasteiger partial charge in [0.15, 0.2) is 0 Å². The topological polar surface area (TPSA) is 52.9 Å². The largest absolute Gasteiger partial charge is 0.325 e. The maximum atomic E-state index is 12.2. The zero-order chi connectivity index (χ0) is 15.2. The Bertz CT molecular complexity index is 660. The van der Waals surface area contributed by atoms with E-state index in [9.17, 15) is 10.1 Å². The fourth-order valence-electron chi connectivity index (χ4n) is 1.90. The summed E-state index contributed by atoms with van der Waals surface area (Å²) in [4.78, 5) is 12.2. The second-order valence-corrected chi connectivity index (χ2v) is 5.39. The third kappa shape index (κ3) is 4.49. The predicted octanol–water partition coefficient (Wildman–Crippen LogP) is 4.31. The van der Waals surface area contributed by atoms with Crippen LogP contribution in [0.5, 0.6) is 0 Å². The normalized spacial score (nSPS) is 11.5. The van der Waals surface area contributed by atoms with Crippen LogP contribution >= 0.6 is 23.2 Å². The van der Waals surface area contributed by atoms with Gasteiger partial charge < -0.3 is 5.32 Å². The van der Waals surface area contributed by atoms with Gasteiger partial charge in [0.1, 0.15) is 5.92 Å². The number of nitriles is 1. The minimum absolute atomic E-state index is 0.359. The second-order valence-electron chi connectivity index (χ2n) is 4.52. The van der Waals surface area contributed by atoms with E-state index in [1.54, 1.807) is 18.2 Å². The van der Waals surface area contributed by atoms with Gasteiger partial charge in [0.25, 0.3) is 0 Å². The molecule has 1 atom stereocenters. The van der Waals surface area contributed by atoms with E-state index >= 15 is 0 Å². The van der Waals surface area contributed by atoms with Gasteiger partial charge in [-0.15, -0.1) is 0 Å². The summed E-state index contributed by atoms with van der Waals surface area (Å²) >= 11 is 11.8. The number of hydrogen-bond donors (Lipinski definition) is 1. The van der Waals surface area contributed by atoms with Crippen molar-refractivity contribution >= 4 is 34.8 Å². The molecule has 0 aliphatic heterocycles. The highest BCUT2D eigenvalue weighted by atomic mass is 35.5. The van der Waals surface area contributed by atoms with Gasteiger partial charge in [0.2, 0.25) is 5.91 Å². The number of benzene rings is 2. The molecule has 0 spiro atoms. The lowest BCUT2D eigenvalue weighted by molar-refractivity contribution is -0.118. The van der Waals surface area contributed by atoms with Crippen molar-refractivity contribution in [3.8, 4) is 6.07 Å². The number of hydrogen-bond acceptors (Lipinski definition) is 2. The molecular weight excluding hydrogens is 307 g/mol. The van der Waals surface area contributed by atoms with Crippen molar-refractivity contribution in [1.29, 1.82) is 5.26 Å². The van der Waals surface area contributed by atoms with Crippen LogP contribution in [0.1, 0.15) is 5.56 Å². The van der Waals surface area contributed by atoms with Crippen molar-refractivity contribution in [2.24, 2.45) is 5.92 Å². The highest BCUT2D eigenvalue weighted by Crippen LogP contribution is 2.23. The van der Waals surface area contributed by atoms with Crippen molar-refractivity contribution in [3.05, 3.63) is 64.1 Å². The molecule has 1 unspecified atom stereocenters. The number of carbonyl (C=O) groups is 1. The standard InChI is InChI=1S/C16H12Cl2N2O/c17-13-7-14(18)9-15(8-13)20-16(21)12(10-19)6-11-4-2-1-3-5-11/h1-5,7-9,12H,6H2,(H,20,21). The van der Waals surface area contributed by atoms with Gasteiger partial charge >= 0.3 is 0 Å². The minimum Gasteiger partial charge on any atom is -0.325 e. The Morgan fingerprint density at radius 1 is 1.14 bits per heavy atom. The molecule has 0 radical (unpaired) electrons. The molecule has 1 amide bonds. The van der Waals surface area contributed by atoms with Gasteiger partial charge in [0.05, 0.1) is 6.07 Å². The summed E-state index contributed by atoms with van der Waals surface area (Å²) in [6.45, 7) is 0. The van der Waals surface area contributed by atoms with Crippen LogP contribution in [0.2, 0.25) is 10.0 Å². The van der Waals surface area contributed by atoms with Crippen molar-refractivity contribution < 1.29 is 4.79 Å². The lowest BCUT2D eigenvalue weighted by Gasteiger charge is -2.11. The number of halogens is 2. The first kappa shape index (κ1) is 15.4. The molecule has 2 aromatic carbocycles. The monoisotopic (exact) mass is 318 g/mol. The molecule has 0 aliphatic rings. The third-order valence-electron chi connectivity index (χ3n) is 2.89. The SMILES string of the molecule is N#CC(Cc1ccccc1)C(=O)Nc1cc(Cl)cc(Cl)c1. The second kappa shape index (κ2) is 7.12. The Hall–Kier alpha value is -2.02. The highest BCUT2D eigenvalue weighted by Gasteiger charge is 2.18. The number of rotatable bonds is 4. The lowest BCUT2D eigenvalue weighted by atomic mass is 10.00. The Morgan fingerprint density at radius 3 is 2.33 bits per heavy atom. The van der Waals surface area contributed by atoms with Crippen LogP contribution in [0.3, 0.4) is 0 Å². The van der Waals surface area contributed by atoms with Crippen molar-refractivity contribution in [1.82, 2.24) is 0 Å². The molecule has 0 aliphatic carbocycles. The zero-order valence-corrected chi connectivity index (χ0v) is 12.5. The van der Waals surface area contributed by atoms with Crippen LogP contribution in [0.15, 0.2) is 48.5 Å². The van der Waals surface area contributed by atoms with E-state index in [2.05, 4.69) is 5.32 Å². The van der Waals surface area contributed by atoms with Gasteiger partial charge in [-0.2, -0.15) is 5.26 Å². The van der Waals surface area contributed by atoms with E-state index in [1.807, 2.05) is 36.4 Å². The number of amides is 1. The first-order chi connectivity index (χ1) is 10.1. The molecular formula is C16H12Cl2N2O. The van der Waals surface area contributed by atoms with Gasteiger partial charge in [-0.25, -0.2) is 0 Å². The van der Waals surface area contributed by atoms with E-state index in [-0.39, 0.29) is 5.91 Å². The first-order valence-corrected chi connectivity index (χ1v) is 7.04. The molecule has 21 heavy (non-hydrogen) atoms. The summed E-state index contributed by atoms with van der Waals surface area (Å²) in [6, 6.07) is 16.2. The van der Waals surface area contributed by atoms with Crippen LogP contribution in [0, 0.1) is 17.2 Å². The van der Waals surface area contributed by atoms with Gasteiger partial charge in [-0.1, -0.05) is 53.5 Å². The fourth-order valence-corrected chi connectivity index (χ4v) is 2.43. The maximum absolute atomic E-state index is 12.2. The molecule has 0 aromatic heterocycles. The van der Waals surface area contributed by atoms with E-state index in [0.29, 0.717) is 22.2 Å². The molecule has 2 rings (SSSR count). The number of carbonyl (C=O) groups excluding carboxylic acids is 1. The number of nitrogens with one attached hydrogen (secondary N) is 1. The van der Waals surface area contributed by atoms with E-state index in [1.165, 1.54) is 0 Å². The summed E-state index contributed by atoms with van der Waals surface area (Å²) < 4.78 is 0. The molecule has 0 saturated carbocycles. The van der Waals surface area contributed by atoms with Crippen LogP contribution in [-0.4, -0.2) is 5.91 Å². The molecule has 0 heterocycles. The lowest BCUT2D eigenvalue weighted by Crippen LogP contribution is -2.23. The van der Waals surface area contributed by atoms with Gasteiger partial charge in [0, 0.05) is 15.7 Å². The minimum atomic E-state index is -0.773. The summed E-state index contributed by atoms with van der Waals surface area (Å²) in [5, 5.41) is 12.7. The molecule has 0 saturated heterocycles. The van der Waals surface area contributed by atoms with E-state index in [4.69, 9.17) is 23.2 Å². The van der Waals surface area contributed by atoms with E-state index in [0.717, 1.165) is 5.56 Å². The summed E-state index contributed by atoms with van der Waals surface area (Å²) in [5.74, 6) is -1.15. The molecule has 1 N–H and O–H groups in total. The Balaban J connectivity index is 2.08. The molecule has 3 nitrogen and oxygen atoms in total. The third-order valence-corrected chi connectivity index (χ3v) is 3.32. The van der Waals surface area contributed by atoms with E-state index < -0.39 is 5.92 Å². The quantitative estimate of drug-likeness (QED) is 0.913. The summed E-state index contributed by atoms with van der Waals surface area (Å²) in [7, 11) is 0. The van der Waals surface area contributed by atoms with Gasteiger partial charge in [-0.05, 0) is 30.2 Å². The zero-order valence-electron chi connectivity index (χ0n) is 11.0. The molecule has 0 bridgehead atoms. The Labute approximate surface area is 133 Å². The van der Waals surface area contributed by atoms with Crippen LogP contribution in [0.25, 0.3) is 0 Å². The van der Waals surface area contributed by atoms with Crippen LogP contribution in [0.4, 0.5) is 5.69 Å². The van der Waals surface area contributed by atoms with Crippen molar-refractivity contribution in [3.63, 3.8) is 0 Å². The fraction of sp³-hybridized carbons (Fsp3) is 0.125. The predicted molar refractivity (Wildman–Crippen MR) is 84.3 cm³/mol. The average molecular weight is 319 g/mol. The Morgan fingerprint density at radius 2 is 1.76 bits per heavy atom. The first-order valence-electron chi connectivity index (χ1n) is 6.29. The van der Waals surface area contributed by atoms with Gasteiger partial charge in [-0.3, -0.25) is 4.79 Å². The summed E-state index contributed by atoms with van der Waals surface area (Å²) in [5.41, 5.74) is 1.41. The van der Waals surface area contributed by atoms with Crippen LogP contribution in [-0.2, 0) is 11.2 Å². The maximum Gasteiger partial charge on any atom is 0.242 e. The highest BCUT2D eigenvalue weighted by molar-refractivity contribution is 6.35. The molecule has 106 valence electrons. The number of anilines is 1. The smallest absolute Gasteiger partial charge is 0.242 e. The molecule has 0 fully saturated rings. The van der Waals surface area contributed by atoms with Crippen molar-refractivity contribution in [2.75, 3.05) is 5.32 Å². The van der Waals surface area contributed by atoms with Crippen molar-refractivity contribution in [2.45, 2.75) is 6.42 Å².